The quantitative estimate of drug-likeness (QED) is 0.435. The molecule has 0 atom stereocenters. The van der Waals surface area contributed by atoms with Gasteiger partial charge in [0, 0.05) is 16.9 Å². The van der Waals surface area contributed by atoms with Gasteiger partial charge in [0.05, 0.1) is 19.0 Å². The van der Waals surface area contributed by atoms with Crippen LogP contribution in [0.2, 0.25) is 0 Å². The summed E-state index contributed by atoms with van der Waals surface area (Å²) in [6.45, 7) is 6.22. The van der Waals surface area contributed by atoms with E-state index in [1.165, 1.54) is 24.0 Å². The van der Waals surface area contributed by atoms with Crippen LogP contribution in [-0.2, 0) is 17.7 Å². The summed E-state index contributed by atoms with van der Waals surface area (Å²) in [5, 5.41) is 0.623. The molecule has 0 fully saturated rings. The minimum atomic E-state index is -0.548. The van der Waals surface area contributed by atoms with Gasteiger partial charge >= 0.3 is 5.97 Å². The van der Waals surface area contributed by atoms with E-state index >= 15 is 0 Å². The zero-order valence-electron chi connectivity index (χ0n) is 17.3. The second-order valence-corrected chi connectivity index (χ2v) is 8.31. The van der Waals surface area contributed by atoms with E-state index < -0.39 is 5.97 Å². The Morgan fingerprint density at radius 3 is 2.57 bits per heavy atom. The zero-order chi connectivity index (χ0) is 21.4. The van der Waals surface area contributed by atoms with Gasteiger partial charge in [0.15, 0.2) is 0 Å². The molecule has 0 saturated carbocycles. The normalized spacial score (nSPS) is 11.2. The lowest BCUT2D eigenvalue weighted by atomic mass is 10.0. The van der Waals surface area contributed by atoms with Crippen molar-refractivity contribution in [2.24, 2.45) is 0 Å². The molecule has 1 aromatic carbocycles. The number of hydrogen-bond donors (Lipinski definition) is 0. The van der Waals surface area contributed by atoms with Crippen LogP contribution >= 0.6 is 11.3 Å². The standard InChI is InChI=1S/C23H22N2O4S/c1-5-18-24-21-20(19(14(3)30-21)15-8-6-13(2)7-9-15)22(26)25(18)12-16-10-11-17(29-16)23(27)28-4/h6-11H,5,12H2,1-4H3. The van der Waals surface area contributed by atoms with Crippen molar-refractivity contribution in [3.8, 4) is 11.1 Å². The average Bonchev–Trinajstić information content (AvgIpc) is 3.34. The number of aromatic nitrogens is 2. The Bertz CT molecular complexity index is 1300. The molecule has 0 bridgehead atoms. The number of aryl methyl sites for hydroxylation is 3. The topological polar surface area (TPSA) is 74.3 Å². The van der Waals surface area contributed by atoms with Gasteiger partial charge in [-0.05, 0) is 31.5 Å². The highest BCUT2D eigenvalue weighted by Crippen LogP contribution is 2.36. The molecule has 0 aliphatic heterocycles. The Morgan fingerprint density at radius 1 is 1.17 bits per heavy atom. The number of nitrogens with zero attached hydrogens (tertiary/aromatic N) is 2. The molecule has 0 N–H and O–H groups in total. The summed E-state index contributed by atoms with van der Waals surface area (Å²) in [4.78, 5) is 31.8. The molecule has 0 aliphatic carbocycles. The molecule has 3 aromatic heterocycles. The Labute approximate surface area is 177 Å². The van der Waals surface area contributed by atoms with Crippen LogP contribution in [0, 0.1) is 13.8 Å². The van der Waals surface area contributed by atoms with Gasteiger partial charge in [-0.1, -0.05) is 36.8 Å². The Balaban J connectivity index is 1.87. The van der Waals surface area contributed by atoms with Crippen LogP contribution in [-0.4, -0.2) is 22.6 Å². The number of esters is 1. The van der Waals surface area contributed by atoms with E-state index in [4.69, 9.17) is 9.40 Å². The third-order valence-electron chi connectivity index (χ3n) is 5.09. The molecule has 0 unspecified atom stereocenters. The van der Waals surface area contributed by atoms with Crippen molar-refractivity contribution in [3.63, 3.8) is 0 Å². The predicted octanol–water partition coefficient (Wildman–Crippen LogP) is 4.73. The molecule has 0 saturated heterocycles. The fraction of sp³-hybridized carbons (Fsp3) is 0.261. The number of thiophene rings is 1. The number of carbonyl (C=O) groups is 1. The highest BCUT2D eigenvalue weighted by atomic mass is 32.1. The fourth-order valence-electron chi connectivity index (χ4n) is 3.57. The van der Waals surface area contributed by atoms with Gasteiger partial charge in [-0.15, -0.1) is 11.3 Å². The molecular formula is C23H22N2O4S. The molecular weight excluding hydrogens is 400 g/mol. The minimum Gasteiger partial charge on any atom is -0.463 e. The number of methoxy groups -OCH3 is 1. The van der Waals surface area contributed by atoms with Crippen LogP contribution in [0.5, 0.6) is 0 Å². The van der Waals surface area contributed by atoms with Crippen LogP contribution in [0.25, 0.3) is 21.3 Å². The molecule has 0 amide bonds. The molecule has 30 heavy (non-hydrogen) atoms. The van der Waals surface area contributed by atoms with Crippen molar-refractivity contribution in [2.45, 2.75) is 33.7 Å². The van der Waals surface area contributed by atoms with E-state index in [-0.39, 0.29) is 17.9 Å². The van der Waals surface area contributed by atoms with Gasteiger partial charge in [-0.25, -0.2) is 9.78 Å². The van der Waals surface area contributed by atoms with Crippen LogP contribution < -0.4 is 5.56 Å². The first kappa shape index (κ1) is 20.1. The first-order valence-electron chi connectivity index (χ1n) is 9.69. The molecule has 154 valence electrons. The zero-order valence-corrected chi connectivity index (χ0v) is 18.1. The van der Waals surface area contributed by atoms with Crippen molar-refractivity contribution in [3.05, 3.63) is 74.5 Å². The second-order valence-electron chi connectivity index (χ2n) is 7.11. The smallest absolute Gasteiger partial charge is 0.373 e. The lowest BCUT2D eigenvalue weighted by molar-refractivity contribution is 0.0563. The lowest BCUT2D eigenvalue weighted by Gasteiger charge is -2.11. The van der Waals surface area contributed by atoms with Gasteiger partial charge in [-0.2, -0.15) is 0 Å². The number of fused-ring (bicyclic) bond motifs is 1. The Morgan fingerprint density at radius 2 is 1.90 bits per heavy atom. The number of ether oxygens (including phenoxy) is 1. The highest BCUT2D eigenvalue weighted by Gasteiger charge is 2.20. The van der Waals surface area contributed by atoms with Crippen LogP contribution in [0.1, 0.15) is 39.5 Å². The number of carbonyl (C=O) groups excluding carboxylic acids is 1. The maximum absolute atomic E-state index is 13.6. The summed E-state index contributed by atoms with van der Waals surface area (Å²) in [5.41, 5.74) is 3.00. The van der Waals surface area contributed by atoms with E-state index in [1.54, 1.807) is 16.7 Å². The molecule has 7 heteroatoms. The van der Waals surface area contributed by atoms with Crippen molar-refractivity contribution >= 4 is 27.5 Å². The van der Waals surface area contributed by atoms with Crippen molar-refractivity contribution in [1.82, 2.24) is 9.55 Å². The van der Waals surface area contributed by atoms with Gasteiger partial charge < -0.3 is 9.15 Å². The van der Waals surface area contributed by atoms with Crippen molar-refractivity contribution in [2.75, 3.05) is 7.11 Å². The Hall–Kier alpha value is -3.19. The van der Waals surface area contributed by atoms with Gasteiger partial charge in [0.25, 0.3) is 5.56 Å². The van der Waals surface area contributed by atoms with Crippen molar-refractivity contribution < 1.29 is 13.9 Å². The number of benzene rings is 1. The number of hydrogen-bond acceptors (Lipinski definition) is 6. The van der Waals surface area contributed by atoms with Gasteiger partial charge in [0.2, 0.25) is 5.76 Å². The van der Waals surface area contributed by atoms with Gasteiger partial charge in [0.1, 0.15) is 16.4 Å². The largest absolute Gasteiger partial charge is 0.463 e. The summed E-state index contributed by atoms with van der Waals surface area (Å²) in [6, 6.07) is 11.4. The summed E-state index contributed by atoms with van der Waals surface area (Å²) in [6.07, 6.45) is 0.604. The molecule has 0 radical (unpaired) electrons. The summed E-state index contributed by atoms with van der Waals surface area (Å²) >= 11 is 1.54. The Kier molecular flexibility index (Phi) is 5.30. The lowest BCUT2D eigenvalue weighted by Crippen LogP contribution is -2.25. The fourth-order valence-corrected chi connectivity index (χ4v) is 4.62. The molecule has 4 aromatic rings. The van der Waals surface area contributed by atoms with Gasteiger partial charge in [-0.3, -0.25) is 9.36 Å². The third-order valence-corrected chi connectivity index (χ3v) is 6.08. The summed E-state index contributed by atoms with van der Waals surface area (Å²) in [7, 11) is 1.30. The molecule has 0 spiro atoms. The first-order chi connectivity index (χ1) is 14.4. The minimum absolute atomic E-state index is 0.104. The monoisotopic (exact) mass is 422 g/mol. The predicted molar refractivity (Wildman–Crippen MR) is 117 cm³/mol. The maximum Gasteiger partial charge on any atom is 0.373 e. The van der Waals surface area contributed by atoms with Crippen molar-refractivity contribution in [1.29, 1.82) is 0 Å². The van der Waals surface area contributed by atoms with E-state index in [9.17, 15) is 9.59 Å². The third kappa shape index (κ3) is 3.45. The highest BCUT2D eigenvalue weighted by molar-refractivity contribution is 7.19. The van der Waals surface area contributed by atoms with E-state index in [1.807, 2.05) is 45.0 Å². The first-order valence-corrected chi connectivity index (χ1v) is 10.5. The maximum atomic E-state index is 13.6. The SMILES string of the molecule is CCc1nc2sc(C)c(-c3ccc(C)cc3)c2c(=O)n1Cc1ccc(C(=O)OC)o1. The molecule has 6 nitrogen and oxygen atoms in total. The average molecular weight is 423 g/mol. The van der Waals surface area contributed by atoms with E-state index in [0.29, 0.717) is 23.4 Å². The number of furan rings is 1. The van der Waals surface area contributed by atoms with E-state index in [2.05, 4.69) is 4.74 Å². The molecule has 0 aliphatic rings. The second kappa shape index (κ2) is 7.91. The summed E-state index contributed by atoms with van der Waals surface area (Å²) in [5.74, 6) is 0.741. The summed E-state index contributed by atoms with van der Waals surface area (Å²) < 4.78 is 11.9. The molecule has 4 rings (SSSR count). The van der Waals surface area contributed by atoms with Crippen LogP contribution in [0.15, 0.2) is 45.6 Å². The van der Waals surface area contributed by atoms with Crippen LogP contribution in [0.3, 0.4) is 0 Å². The van der Waals surface area contributed by atoms with E-state index in [0.717, 1.165) is 20.8 Å². The molecule has 3 heterocycles. The van der Waals surface area contributed by atoms with Crippen LogP contribution in [0.4, 0.5) is 0 Å². The number of rotatable bonds is 5.